The van der Waals surface area contributed by atoms with Crippen LogP contribution in [0.2, 0.25) is 0 Å². The molecule has 1 heterocycles. The molecule has 5 nitrogen and oxygen atoms in total. The van der Waals surface area contributed by atoms with Crippen molar-refractivity contribution in [2.45, 2.75) is 43.9 Å². The molecule has 0 aromatic rings. The summed E-state index contributed by atoms with van der Waals surface area (Å²) in [4.78, 5) is 0. The fourth-order valence-corrected chi connectivity index (χ4v) is 2.78. The molecule has 0 unspecified atom stereocenters. The van der Waals surface area contributed by atoms with E-state index in [1.807, 2.05) is 0 Å². The number of aliphatic hydroxyl groups excluding tert-OH is 1. The first-order valence-electron chi connectivity index (χ1n) is 5.95. The van der Waals surface area contributed by atoms with E-state index in [-0.39, 0.29) is 0 Å². The molecule has 0 aromatic heterocycles. The van der Waals surface area contributed by atoms with E-state index in [2.05, 4.69) is 11.9 Å². The molecule has 0 bridgehead atoms. The van der Waals surface area contributed by atoms with Gasteiger partial charge in [0.1, 0.15) is 12.2 Å². The van der Waals surface area contributed by atoms with Crippen molar-refractivity contribution in [3.05, 3.63) is 12.7 Å². The summed E-state index contributed by atoms with van der Waals surface area (Å²) in [6.45, 7) is 8.09. The van der Waals surface area contributed by atoms with Crippen LogP contribution in [0.1, 0.15) is 20.3 Å². The summed E-state index contributed by atoms with van der Waals surface area (Å²) >= 11 is 0. The Morgan fingerprint density at radius 3 is 2.53 bits per heavy atom. The lowest BCUT2D eigenvalue weighted by Gasteiger charge is -2.25. The fraction of sp³-hybridized carbons (Fsp3) is 0.833. The maximum absolute atomic E-state index is 10.2. The molecule has 1 saturated carbocycles. The van der Waals surface area contributed by atoms with Gasteiger partial charge < -0.3 is 25.4 Å². The molecule has 1 aliphatic heterocycles. The summed E-state index contributed by atoms with van der Waals surface area (Å²) in [5.74, 6) is -1.62. The topological polar surface area (TPSA) is 82.0 Å². The zero-order valence-electron chi connectivity index (χ0n) is 10.3. The number of hydrogen-bond acceptors (Lipinski definition) is 5. The second-order valence-electron chi connectivity index (χ2n) is 5.42. The minimum absolute atomic E-state index is 0.399. The van der Waals surface area contributed by atoms with E-state index in [1.165, 1.54) is 0 Å². The Morgan fingerprint density at radius 1 is 1.41 bits per heavy atom. The standard InChI is InChI=1S/C12H21NO4/c1-4-5-6-13-7-8-9(14)11(15)10(2,3)12(11,16)17-8/h4,8-9,13-16H,1,5-7H2,2-3H3/t8-,9+,11+,12+/m1/s1. The quantitative estimate of drug-likeness (QED) is 0.382. The highest BCUT2D eigenvalue weighted by molar-refractivity contribution is 5.34. The van der Waals surface area contributed by atoms with Crippen LogP contribution in [0.5, 0.6) is 0 Å². The van der Waals surface area contributed by atoms with Gasteiger partial charge in [0.2, 0.25) is 5.79 Å². The van der Waals surface area contributed by atoms with Crippen molar-refractivity contribution < 1.29 is 20.1 Å². The van der Waals surface area contributed by atoms with Gasteiger partial charge >= 0.3 is 0 Å². The normalized spacial score (nSPS) is 46.6. The molecule has 2 rings (SSSR count). The lowest BCUT2D eigenvalue weighted by molar-refractivity contribution is -0.170. The van der Waals surface area contributed by atoms with Gasteiger partial charge in [-0.05, 0) is 13.0 Å². The van der Waals surface area contributed by atoms with Crippen LogP contribution in [0.4, 0.5) is 0 Å². The zero-order chi connectivity index (χ0) is 12.9. The molecular weight excluding hydrogens is 222 g/mol. The van der Waals surface area contributed by atoms with Crippen LogP contribution in [0, 0.1) is 5.41 Å². The maximum atomic E-state index is 10.2. The summed E-state index contributed by atoms with van der Waals surface area (Å²) in [6, 6.07) is 0. The van der Waals surface area contributed by atoms with Crippen LogP contribution in [-0.4, -0.2) is 52.0 Å². The van der Waals surface area contributed by atoms with E-state index >= 15 is 0 Å². The van der Waals surface area contributed by atoms with Crippen LogP contribution >= 0.6 is 0 Å². The molecule has 4 N–H and O–H groups in total. The third kappa shape index (κ3) is 1.37. The first kappa shape index (κ1) is 13.0. The predicted octanol–water partition coefficient (Wildman–Crippen LogP) is -0.629. The number of ether oxygens (including phenoxy) is 1. The monoisotopic (exact) mass is 243 g/mol. The molecule has 0 amide bonds. The number of fused-ring (bicyclic) bond motifs is 1. The molecule has 2 aliphatic rings. The highest BCUT2D eigenvalue weighted by atomic mass is 16.7. The van der Waals surface area contributed by atoms with Crippen LogP contribution in [0.3, 0.4) is 0 Å². The Balaban J connectivity index is 1.93. The van der Waals surface area contributed by atoms with Crippen molar-refractivity contribution in [3.8, 4) is 0 Å². The Kier molecular flexibility index (Phi) is 2.88. The van der Waals surface area contributed by atoms with E-state index in [9.17, 15) is 15.3 Å². The highest BCUT2D eigenvalue weighted by Crippen LogP contribution is 2.71. The van der Waals surface area contributed by atoms with Crippen LogP contribution < -0.4 is 5.32 Å². The van der Waals surface area contributed by atoms with Crippen LogP contribution in [-0.2, 0) is 4.74 Å². The predicted molar refractivity (Wildman–Crippen MR) is 62.2 cm³/mol. The van der Waals surface area contributed by atoms with Crippen molar-refractivity contribution in [3.63, 3.8) is 0 Å². The van der Waals surface area contributed by atoms with Crippen molar-refractivity contribution in [2.24, 2.45) is 5.41 Å². The summed E-state index contributed by atoms with van der Waals surface area (Å²) in [5.41, 5.74) is -2.37. The second kappa shape index (κ2) is 3.76. The summed E-state index contributed by atoms with van der Waals surface area (Å²) < 4.78 is 5.40. The lowest BCUT2D eigenvalue weighted by Crippen LogP contribution is -2.44. The molecule has 0 aromatic carbocycles. The highest BCUT2D eigenvalue weighted by Gasteiger charge is 2.91. The van der Waals surface area contributed by atoms with Gasteiger partial charge in [-0.1, -0.05) is 19.9 Å². The Morgan fingerprint density at radius 2 is 2.06 bits per heavy atom. The third-order valence-corrected chi connectivity index (χ3v) is 4.23. The van der Waals surface area contributed by atoms with Crippen LogP contribution in [0.25, 0.3) is 0 Å². The molecule has 1 aliphatic carbocycles. The van der Waals surface area contributed by atoms with Gasteiger partial charge in [-0.15, -0.1) is 6.58 Å². The second-order valence-corrected chi connectivity index (χ2v) is 5.42. The third-order valence-electron chi connectivity index (χ3n) is 4.23. The van der Waals surface area contributed by atoms with E-state index in [1.54, 1.807) is 19.9 Å². The van der Waals surface area contributed by atoms with Gasteiger partial charge in [0.05, 0.1) is 5.41 Å². The zero-order valence-corrected chi connectivity index (χ0v) is 10.3. The molecule has 1 saturated heterocycles. The summed E-state index contributed by atoms with van der Waals surface area (Å²) in [7, 11) is 0. The Hall–Kier alpha value is -0.460. The van der Waals surface area contributed by atoms with Gasteiger partial charge in [-0.25, -0.2) is 0 Å². The lowest BCUT2D eigenvalue weighted by atomic mass is 9.98. The Bertz CT molecular complexity index is 332. The number of aliphatic hydroxyl groups is 3. The van der Waals surface area contributed by atoms with Crippen molar-refractivity contribution >= 4 is 0 Å². The van der Waals surface area contributed by atoms with Gasteiger partial charge in [-0.2, -0.15) is 0 Å². The van der Waals surface area contributed by atoms with Gasteiger partial charge in [-0.3, -0.25) is 0 Å². The first-order valence-corrected chi connectivity index (χ1v) is 5.95. The average Bonchev–Trinajstić information content (AvgIpc) is 2.49. The number of hydrogen-bond donors (Lipinski definition) is 4. The maximum Gasteiger partial charge on any atom is 0.207 e. The van der Waals surface area contributed by atoms with Gasteiger partial charge in [0.25, 0.3) is 0 Å². The first-order chi connectivity index (χ1) is 7.83. The largest absolute Gasteiger partial charge is 0.387 e. The van der Waals surface area contributed by atoms with Gasteiger partial charge in [0.15, 0.2) is 5.60 Å². The van der Waals surface area contributed by atoms with E-state index in [0.717, 1.165) is 13.0 Å². The minimum atomic E-state index is -1.62. The van der Waals surface area contributed by atoms with E-state index in [0.29, 0.717) is 6.54 Å². The molecule has 5 heteroatoms. The SMILES string of the molecule is C=CCCNC[C@H]1O[C@@]2(O)C(C)(C)[C@@]2(O)[C@H]1O. The molecule has 17 heavy (non-hydrogen) atoms. The molecule has 4 atom stereocenters. The minimum Gasteiger partial charge on any atom is -0.387 e. The molecular formula is C12H21NO4. The summed E-state index contributed by atoms with van der Waals surface area (Å²) in [6.07, 6.45) is 0.963. The van der Waals surface area contributed by atoms with Crippen molar-refractivity contribution in [2.75, 3.05) is 13.1 Å². The van der Waals surface area contributed by atoms with Crippen LogP contribution in [0.15, 0.2) is 12.7 Å². The summed E-state index contributed by atoms with van der Waals surface area (Å²) in [5, 5.41) is 33.5. The average molecular weight is 243 g/mol. The molecule has 98 valence electrons. The van der Waals surface area contributed by atoms with Gasteiger partial charge in [0, 0.05) is 6.54 Å². The van der Waals surface area contributed by atoms with Crippen molar-refractivity contribution in [1.29, 1.82) is 0 Å². The smallest absolute Gasteiger partial charge is 0.207 e. The molecule has 0 radical (unpaired) electrons. The number of nitrogens with one attached hydrogen (secondary N) is 1. The van der Waals surface area contributed by atoms with E-state index < -0.39 is 29.0 Å². The van der Waals surface area contributed by atoms with E-state index in [4.69, 9.17) is 4.74 Å². The Labute approximate surface area is 101 Å². The molecule has 0 spiro atoms. The molecule has 2 fully saturated rings. The van der Waals surface area contributed by atoms with Crippen molar-refractivity contribution in [1.82, 2.24) is 5.32 Å². The fourth-order valence-electron chi connectivity index (χ4n) is 2.78. The number of rotatable bonds is 5.